The highest BCUT2D eigenvalue weighted by Crippen LogP contribution is 2.31. The first kappa shape index (κ1) is 21.9. The van der Waals surface area contributed by atoms with Crippen LogP contribution in [0.15, 0.2) is 42.5 Å². The Morgan fingerprint density at radius 1 is 0.833 bits per heavy atom. The van der Waals surface area contributed by atoms with E-state index in [9.17, 15) is 9.59 Å². The van der Waals surface area contributed by atoms with Gasteiger partial charge >= 0.3 is 0 Å². The third-order valence-electron chi connectivity index (χ3n) is 5.55. The number of nitrogens with one attached hydrogen (secondary N) is 2. The molecule has 160 valence electrons. The van der Waals surface area contributed by atoms with Gasteiger partial charge in [0.25, 0.3) is 0 Å². The van der Waals surface area contributed by atoms with E-state index >= 15 is 0 Å². The van der Waals surface area contributed by atoms with Gasteiger partial charge in [0.1, 0.15) is 0 Å². The van der Waals surface area contributed by atoms with Crippen LogP contribution in [0.25, 0.3) is 21.8 Å². The number of rotatable bonds is 11. The predicted molar refractivity (Wildman–Crippen MR) is 125 cm³/mol. The van der Waals surface area contributed by atoms with Crippen LogP contribution in [-0.2, 0) is 16.1 Å². The molecule has 0 spiro atoms. The fourth-order valence-electron chi connectivity index (χ4n) is 3.97. The largest absolute Gasteiger partial charge is 0.356 e. The van der Waals surface area contributed by atoms with Gasteiger partial charge in [-0.1, -0.05) is 50.8 Å². The summed E-state index contributed by atoms with van der Waals surface area (Å²) in [5.74, 6) is -0.186. The van der Waals surface area contributed by atoms with Gasteiger partial charge in [-0.3, -0.25) is 9.59 Å². The van der Waals surface area contributed by atoms with E-state index in [0.717, 1.165) is 36.0 Å². The fourth-order valence-corrected chi connectivity index (χ4v) is 3.97. The maximum absolute atomic E-state index is 12.3. The first-order chi connectivity index (χ1) is 14.6. The minimum Gasteiger partial charge on any atom is -0.356 e. The van der Waals surface area contributed by atoms with Crippen molar-refractivity contribution < 1.29 is 9.59 Å². The van der Waals surface area contributed by atoms with Gasteiger partial charge in [0.05, 0.1) is 0 Å². The predicted octanol–water partition coefficient (Wildman–Crippen LogP) is 5.62. The van der Waals surface area contributed by atoms with Crippen LogP contribution < -0.4 is 10.6 Å². The molecule has 0 atom stereocenters. The van der Waals surface area contributed by atoms with Crippen molar-refractivity contribution in [2.45, 2.75) is 65.3 Å². The van der Waals surface area contributed by atoms with Crippen molar-refractivity contribution in [3.05, 3.63) is 42.5 Å². The van der Waals surface area contributed by atoms with Crippen LogP contribution in [0.4, 0.5) is 5.69 Å². The molecular formula is C25H33N3O2. The number of carbonyl (C=O) groups excluding carboxylic acids is 2. The third kappa shape index (κ3) is 5.41. The van der Waals surface area contributed by atoms with Crippen molar-refractivity contribution in [2.75, 3.05) is 11.9 Å². The fraction of sp³-hybridized carbons (Fsp3) is 0.440. The van der Waals surface area contributed by atoms with E-state index in [2.05, 4.69) is 47.2 Å². The second kappa shape index (κ2) is 10.8. The summed E-state index contributed by atoms with van der Waals surface area (Å²) in [4.78, 5) is 24.3. The van der Waals surface area contributed by atoms with E-state index in [1.165, 1.54) is 30.2 Å². The van der Waals surface area contributed by atoms with Gasteiger partial charge in [-0.2, -0.15) is 0 Å². The molecular weight excluding hydrogens is 374 g/mol. The number of para-hydroxylation sites is 1. The molecule has 3 rings (SSSR count). The van der Waals surface area contributed by atoms with E-state index < -0.39 is 0 Å². The maximum atomic E-state index is 12.3. The van der Waals surface area contributed by atoms with Gasteiger partial charge in [0.15, 0.2) is 0 Å². The number of fused-ring (bicyclic) bond motifs is 3. The zero-order valence-corrected chi connectivity index (χ0v) is 18.2. The lowest BCUT2D eigenvalue weighted by Crippen LogP contribution is -2.25. The van der Waals surface area contributed by atoms with Crippen LogP contribution >= 0.6 is 0 Å². The Balaban J connectivity index is 1.53. The summed E-state index contributed by atoms with van der Waals surface area (Å²) in [5.41, 5.74) is 3.13. The third-order valence-corrected chi connectivity index (χ3v) is 5.55. The van der Waals surface area contributed by atoms with Crippen LogP contribution in [0.2, 0.25) is 0 Å². The van der Waals surface area contributed by atoms with Gasteiger partial charge in [-0.05, 0) is 37.6 Å². The summed E-state index contributed by atoms with van der Waals surface area (Å²) < 4.78 is 2.28. The lowest BCUT2D eigenvalue weighted by Gasteiger charge is -2.08. The quantitative estimate of drug-likeness (QED) is 0.405. The normalized spacial score (nSPS) is 11.1. The first-order valence-corrected chi connectivity index (χ1v) is 11.2. The Labute approximate surface area is 178 Å². The summed E-state index contributed by atoms with van der Waals surface area (Å²) in [6.07, 6.45) is 6.24. The van der Waals surface area contributed by atoms with Crippen LogP contribution in [0.1, 0.15) is 58.8 Å². The smallest absolute Gasteiger partial charge is 0.224 e. The van der Waals surface area contributed by atoms with Crippen molar-refractivity contribution in [2.24, 2.45) is 0 Å². The SMILES string of the molecule is CCCCCCCNC(=O)CCC(=O)Nc1ccc2c(c1)c1ccccc1n2CC. The first-order valence-electron chi connectivity index (χ1n) is 11.2. The number of aryl methyl sites for hydroxylation is 1. The van der Waals surface area contributed by atoms with E-state index in [-0.39, 0.29) is 24.7 Å². The molecule has 5 heteroatoms. The molecule has 3 aromatic rings. The summed E-state index contributed by atoms with van der Waals surface area (Å²) in [6.45, 7) is 5.91. The monoisotopic (exact) mass is 407 g/mol. The summed E-state index contributed by atoms with van der Waals surface area (Å²) in [5, 5.41) is 8.17. The summed E-state index contributed by atoms with van der Waals surface area (Å²) in [7, 11) is 0. The minimum atomic E-state index is -0.133. The molecule has 0 radical (unpaired) electrons. The summed E-state index contributed by atoms with van der Waals surface area (Å²) >= 11 is 0. The average molecular weight is 408 g/mol. The van der Waals surface area contributed by atoms with Gasteiger partial charge < -0.3 is 15.2 Å². The van der Waals surface area contributed by atoms with Gasteiger partial charge in [0.2, 0.25) is 11.8 Å². The number of hydrogen-bond acceptors (Lipinski definition) is 2. The number of benzene rings is 2. The Morgan fingerprint density at radius 3 is 2.37 bits per heavy atom. The topological polar surface area (TPSA) is 63.1 Å². The molecule has 2 amide bonds. The highest BCUT2D eigenvalue weighted by molar-refractivity contribution is 6.09. The second-order valence-electron chi connectivity index (χ2n) is 7.81. The van der Waals surface area contributed by atoms with E-state index in [4.69, 9.17) is 0 Å². The van der Waals surface area contributed by atoms with E-state index in [1.54, 1.807) is 0 Å². The molecule has 0 unspecified atom stereocenters. The van der Waals surface area contributed by atoms with Crippen molar-refractivity contribution >= 4 is 39.3 Å². The van der Waals surface area contributed by atoms with Crippen LogP contribution in [0, 0.1) is 0 Å². The van der Waals surface area contributed by atoms with Crippen molar-refractivity contribution in [1.82, 2.24) is 9.88 Å². The van der Waals surface area contributed by atoms with Crippen molar-refractivity contribution in [1.29, 1.82) is 0 Å². The van der Waals surface area contributed by atoms with E-state index in [1.807, 2.05) is 24.3 Å². The molecule has 2 N–H and O–H groups in total. The Morgan fingerprint density at radius 2 is 1.57 bits per heavy atom. The second-order valence-corrected chi connectivity index (χ2v) is 7.81. The van der Waals surface area contributed by atoms with Gasteiger partial charge in [-0.25, -0.2) is 0 Å². The molecule has 5 nitrogen and oxygen atoms in total. The Hall–Kier alpha value is -2.82. The standard InChI is InChI=1S/C25H33N3O2/c1-3-5-6-7-10-17-26-24(29)15-16-25(30)27-19-13-14-23-21(18-19)20-11-8-9-12-22(20)28(23)4-2/h8-9,11-14,18H,3-7,10,15-17H2,1-2H3,(H,26,29)(H,27,30). The number of carbonyl (C=O) groups is 2. The molecule has 0 aliphatic carbocycles. The lowest BCUT2D eigenvalue weighted by molar-refractivity contribution is -0.124. The summed E-state index contributed by atoms with van der Waals surface area (Å²) in [6, 6.07) is 14.3. The highest BCUT2D eigenvalue weighted by atomic mass is 16.2. The Bertz CT molecular complexity index is 1010. The van der Waals surface area contributed by atoms with Crippen molar-refractivity contribution in [3.8, 4) is 0 Å². The number of unbranched alkanes of at least 4 members (excludes halogenated alkanes) is 4. The van der Waals surface area contributed by atoms with Crippen LogP contribution in [0.5, 0.6) is 0 Å². The molecule has 0 saturated heterocycles. The molecule has 0 saturated carbocycles. The zero-order valence-electron chi connectivity index (χ0n) is 18.2. The number of anilines is 1. The molecule has 1 heterocycles. The molecule has 0 bridgehead atoms. The van der Waals surface area contributed by atoms with Crippen LogP contribution in [-0.4, -0.2) is 22.9 Å². The van der Waals surface area contributed by atoms with E-state index in [0.29, 0.717) is 6.54 Å². The lowest BCUT2D eigenvalue weighted by atomic mass is 10.1. The molecule has 30 heavy (non-hydrogen) atoms. The van der Waals surface area contributed by atoms with Gasteiger partial charge in [-0.15, -0.1) is 0 Å². The van der Waals surface area contributed by atoms with Crippen LogP contribution in [0.3, 0.4) is 0 Å². The number of aromatic nitrogens is 1. The highest BCUT2D eigenvalue weighted by Gasteiger charge is 2.11. The van der Waals surface area contributed by atoms with Gasteiger partial charge in [0, 0.05) is 53.4 Å². The molecule has 0 aliphatic rings. The Kier molecular flexibility index (Phi) is 7.89. The number of hydrogen-bond donors (Lipinski definition) is 2. The molecule has 0 aliphatic heterocycles. The molecule has 2 aromatic carbocycles. The zero-order chi connectivity index (χ0) is 21.3. The average Bonchev–Trinajstić information content (AvgIpc) is 3.08. The van der Waals surface area contributed by atoms with Crippen molar-refractivity contribution in [3.63, 3.8) is 0 Å². The minimum absolute atomic E-state index is 0.0536. The maximum Gasteiger partial charge on any atom is 0.224 e. The molecule has 0 fully saturated rings. The number of nitrogens with zero attached hydrogens (tertiary/aromatic N) is 1. The number of amides is 2. The molecule has 1 aromatic heterocycles.